The van der Waals surface area contributed by atoms with Gasteiger partial charge in [0.05, 0.1) is 32.0 Å². The highest BCUT2D eigenvalue weighted by atomic mass is 16.7. The molecule has 502 valence electrons. The highest BCUT2D eigenvalue weighted by Gasteiger charge is 2.51. The first-order valence-corrected chi connectivity index (χ1v) is 36.1. The minimum atomic E-state index is -1.79. The number of hydrogen-bond donors (Lipinski definition) is 9. The van der Waals surface area contributed by atoms with Crippen molar-refractivity contribution in [2.75, 3.05) is 19.8 Å². The van der Waals surface area contributed by atoms with E-state index in [1.54, 1.807) is 6.08 Å². The molecule has 0 aromatic heterocycles. The molecular weight excluding hydrogens is 1070 g/mol. The minimum absolute atomic E-state index is 0.243. The topological polar surface area (TPSA) is 228 Å². The number of rotatable bonds is 60. The van der Waals surface area contributed by atoms with Crippen LogP contribution in [0.15, 0.2) is 24.3 Å². The SMILES string of the molecule is CCCCCCCCC/C=C/CC/C=C/C(O)C(COC1OC(CO)C(OC2OC(CO)C(O)C(O)C2O)C(O)C1O)NC(=O)CCCCCCCCCCCCCCCCCCCCCCCCCCCCCCCCCCCCCCCC. The molecule has 0 aromatic carbocycles. The maximum atomic E-state index is 13.3. The summed E-state index contributed by atoms with van der Waals surface area (Å²) in [6, 6.07) is -0.928. The van der Waals surface area contributed by atoms with Crippen molar-refractivity contribution in [3.05, 3.63) is 24.3 Å². The lowest BCUT2D eigenvalue weighted by atomic mass is 9.97. The molecule has 12 unspecified atom stereocenters. The maximum Gasteiger partial charge on any atom is 0.220 e. The van der Waals surface area contributed by atoms with Crippen LogP contribution >= 0.6 is 0 Å². The van der Waals surface area contributed by atoms with Crippen molar-refractivity contribution in [1.29, 1.82) is 0 Å². The number of hydrogen-bond acceptors (Lipinski definition) is 13. The van der Waals surface area contributed by atoms with Crippen LogP contribution in [0.2, 0.25) is 0 Å². The van der Waals surface area contributed by atoms with Crippen molar-refractivity contribution < 1.29 is 64.6 Å². The van der Waals surface area contributed by atoms with Crippen LogP contribution in [0, 0.1) is 0 Å². The molecule has 1 amide bonds. The number of allylic oxidation sites excluding steroid dienone is 3. The summed E-state index contributed by atoms with van der Waals surface area (Å²) >= 11 is 0. The van der Waals surface area contributed by atoms with Gasteiger partial charge in [0.1, 0.15) is 48.8 Å². The average Bonchev–Trinajstić information content (AvgIpc) is 3.61. The van der Waals surface area contributed by atoms with Gasteiger partial charge in [0, 0.05) is 6.42 Å². The molecule has 0 saturated carbocycles. The predicted molar refractivity (Wildman–Crippen MR) is 346 cm³/mol. The summed E-state index contributed by atoms with van der Waals surface area (Å²) in [5.41, 5.74) is 0. The fourth-order valence-corrected chi connectivity index (χ4v) is 12.1. The van der Waals surface area contributed by atoms with E-state index in [1.165, 1.54) is 263 Å². The Balaban J connectivity index is 1.55. The Kier molecular flexibility index (Phi) is 52.8. The fourth-order valence-electron chi connectivity index (χ4n) is 12.1. The molecule has 2 rings (SSSR count). The Morgan fingerprint density at radius 3 is 1.15 bits per heavy atom. The van der Waals surface area contributed by atoms with Gasteiger partial charge in [-0.25, -0.2) is 0 Å². The summed E-state index contributed by atoms with van der Waals surface area (Å²) in [7, 11) is 0. The van der Waals surface area contributed by atoms with E-state index in [1.807, 2.05) is 6.08 Å². The van der Waals surface area contributed by atoms with E-state index in [0.717, 1.165) is 32.1 Å². The first kappa shape index (κ1) is 79.6. The number of ether oxygens (including phenoxy) is 4. The van der Waals surface area contributed by atoms with Gasteiger partial charge >= 0.3 is 0 Å². The molecular formula is C71H135NO13. The van der Waals surface area contributed by atoms with Crippen LogP contribution in [-0.2, 0) is 23.7 Å². The summed E-state index contributed by atoms with van der Waals surface area (Å²) in [5, 5.41) is 87.2. The van der Waals surface area contributed by atoms with E-state index in [4.69, 9.17) is 18.9 Å². The lowest BCUT2D eigenvalue weighted by Crippen LogP contribution is -2.65. The smallest absolute Gasteiger partial charge is 0.220 e. The van der Waals surface area contributed by atoms with Gasteiger partial charge in [-0.1, -0.05) is 314 Å². The summed E-state index contributed by atoms with van der Waals surface area (Å²) < 4.78 is 22.8. The molecule has 0 aliphatic carbocycles. The van der Waals surface area contributed by atoms with Crippen LogP contribution in [0.3, 0.4) is 0 Å². The predicted octanol–water partition coefficient (Wildman–Crippen LogP) is 14.7. The second-order valence-electron chi connectivity index (χ2n) is 25.7. The number of carbonyl (C=O) groups excluding carboxylic acids is 1. The third-order valence-corrected chi connectivity index (χ3v) is 17.9. The first-order chi connectivity index (χ1) is 41.6. The third kappa shape index (κ3) is 40.8. The Morgan fingerprint density at radius 2 is 0.753 bits per heavy atom. The maximum absolute atomic E-state index is 13.3. The van der Waals surface area contributed by atoms with Crippen molar-refractivity contribution >= 4 is 5.91 Å². The molecule has 14 nitrogen and oxygen atoms in total. The molecule has 12 atom stereocenters. The zero-order chi connectivity index (χ0) is 61.6. The Labute approximate surface area is 519 Å². The van der Waals surface area contributed by atoms with Crippen LogP contribution in [-0.4, -0.2) is 140 Å². The van der Waals surface area contributed by atoms with Gasteiger partial charge in [0.2, 0.25) is 5.91 Å². The number of amides is 1. The van der Waals surface area contributed by atoms with Gasteiger partial charge in [0.15, 0.2) is 12.6 Å². The summed E-state index contributed by atoms with van der Waals surface area (Å²) in [4.78, 5) is 13.3. The minimum Gasteiger partial charge on any atom is -0.394 e. The van der Waals surface area contributed by atoms with Gasteiger partial charge in [-0.2, -0.15) is 0 Å². The fraction of sp³-hybridized carbons (Fsp3) is 0.930. The summed E-state index contributed by atoms with van der Waals surface area (Å²) in [6.07, 6.45) is 54.3. The second kappa shape index (κ2) is 56.5. The average molecular weight is 1210 g/mol. The summed E-state index contributed by atoms with van der Waals surface area (Å²) in [6.45, 7) is 2.80. The number of aliphatic hydroxyl groups is 8. The first-order valence-electron chi connectivity index (χ1n) is 36.1. The zero-order valence-corrected chi connectivity index (χ0v) is 54.6. The van der Waals surface area contributed by atoms with Gasteiger partial charge in [-0.05, 0) is 32.1 Å². The highest BCUT2D eigenvalue weighted by molar-refractivity contribution is 5.76. The van der Waals surface area contributed by atoms with Gasteiger partial charge in [0.25, 0.3) is 0 Å². The van der Waals surface area contributed by atoms with Gasteiger partial charge in [-0.3, -0.25) is 4.79 Å². The molecule has 2 saturated heterocycles. The Morgan fingerprint density at radius 1 is 0.412 bits per heavy atom. The molecule has 0 aromatic rings. The van der Waals surface area contributed by atoms with E-state index in [0.29, 0.717) is 12.8 Å². The van der Waals surface area contributed by atoms with E-state index >= 15 is 0 Å². The molecule has 2 aliphatic rings. The largest absolute Gasteiger partial charge is 0.394 e. The van der Waals surface area contributed by atoms with Gasteiger partial charge < -0.3 is 65.1 Å². The normalized spacial score (nSPS) is 23.6. The lowest BCUT2D eigenvalue weighted by Gasteiger charge is -2.46. The molecule has 14 heteroatoms. The molecule has 2 fully saturated rings. The van der Waals surface area contributed by atoms with Crippen LogP contribution in [0.25, 0.3) is 0 Å². The van der Waals surface area contributed by atoms with Gasteiger partial charge in [-0.15, -0.1) is 0 Å². The summed E-state index contributed by atoms with van der Waals surface area (Å²) in [5.74, 6) is -0.243. The molecule has 0 spiro atoms. The number of nitrogens with one attached hydrogen (secondary N) is 1. The zero-order valence-electron chi connectivity index (χ0n) is 54.6. The molecule has 0 radical (unpaired) electrons. The van der Waals surface area contributed by atoms with Crippen LogP contribution < -0.4 is 5.32 Å². The molecule has 9 N–H and O–H groups in total. The van der Waals surface area contributed by atoms with Crippen molar-refractivity contribution in [2.45, 2.75) is 402 Å². The standard InChI is InChI=1S/C71H135NO13/c1-3-5-7-9-11-13-15-17-18-19-20-21-22-23-24-25-26-27-28-29-30-31-32-33-34-35-36-37-38-39-40-41-43-45-47-49-51-53-55-63(76)72-59(60(75)54-52-50-48-46-44-42-16-14-12-10-8-6-4-2)58-82-70-68(81)66(79)69(62(57-74)84-70)85-71-67(80)65(78)64(77)61(56-73)83-71/h44,46,52,54,59-62,64-71,73-75,77-81H,3-43,45,47-51,53,55-58H2,1-2H3,(H,72,76)/b46-44+,54-52+. The van der Waals surface area contributed by atoms with Crippen molar-refractivity contribution in [2.24, 2.45) is 0 Å². The van der Waals surface area contributed by atoms with Crippen molar-refractivity contribution in [3.8, 4) is 0 Å². The number of unbranched alkanes of at least 4 members (excludes halogenated alkanes) is 45. The van der Waals surface area contributed by atoms with Crippen LogP contribution in [0.4, 0.5) is 0 Å². The second-order valence-corrected chi connectivity index (χ2v) is 25.7. The van der Waals surface area contributed by atoms with Crippen LogP contribution in [0.1, 0.15) is 328 Å². The molecule has 2 heterocycles. The van der Waals surface area contributed by atoms with Crippen LogP contribution in [0.5, 0.6) is 0 Å². The molecule has 2 aliphatic heterocycles. The Bertz CT molecular complexity index is 1520. The van der Waals surface area contributed by atoms with E-state index in [2.05, 4.69) is 31.3 Å². The third-order valence-electron chi connectivity index (χ3n) is 17.9. The number of aliphatic hydroxyl groups excluding tert-OH is 8. The van der Waals surface area contributed by atoms with E-state index in [9.17, 15) is 45.6 Å². The highest BCUT2D eigenvalue weighted by Crippen LogP contribution is 2.30. The van der Waals surface area contributed by atoms with E-state index in [-0.39, 0.29) is 18.9 Å². The number of carbonyl (C=O) groups is 1. The van der Waals surface area contributed by atoms with Crippen molar-refractivity contribution in [1.82, 2.24) is 5.32 Å². The quantitative estimate of drug-likeness (QED) is 0.0204. The molecule has 85 heavy (non-hydrogen) atoms. The lowest BCUT2D eigenvalue weighted by molar-refractivity contribution is -0.359. The Hall–Kier alpha value is -1.53. The molecule has 0 bridgehead atoms. The van der Waals surface area contributed by atoms with Crippen molar-refractivity contribution in [3.63, 3.8) is 0 Å². The van der Waals surface area contributed by atoms with E-state index < -0.39 is 86.8 Å². The monoisotopic (exact) mass is 1210 g/mol.